The van der Waals surface area contributed by atoms with Crippen molar-refractivity contribution in [2.45, 2.75) is 20.8 Å². The maximum absolute atomic E-state index is 2.17. The number of hydrogen-bond donors (Lipinski definition) is 0. The normalized spacial score (nSPS) is 8.55. The molecule has 0 aliphatic heterocycles. The number of benzene rings is 1. The van der Waals surface area contributed by atoms with E-state index >= 15 is 0 Å². The Kier molecular flexibility index (Phi) is 11.4. The van der Waals surface area contributed by atoms with Gasteiger partial charge in [-0.1, -0.05) is 25.5 Å². The van der Waals surface area contributed by atoms with Crippen LogP contribution < -0.4 is 24.8 Å². The molecular weight excluding hydrogens is 366 g/mol. The van der Waals surface area contributed by atoms with Crippen LogP contribution in [0.25, 0.3) is 10.8 Å². The minimum absolute atomic E-state index is 0. The molecule has 0 amide bonds. The summed E-state index contributed by atoms with van der Waals surface area (Å²) in [6.45, 7) is 6.35. The van der Waals surface area contributed by atoms with Crippen LogP contribution in [0.5, 0.6) is 0 Å². The van der Waals surface area contributed by atoms with Crippen LogP contribution in [0.1, 0.15) is 16.7 Å². The fourth-order valence-electron chi connectivity index (χ4n) is 2.04. The predicted molar refractivity (Wildman–Crippen MR) is 75.8 cm³/mol. The van der Waals surface area contributed by atoms with Gasteiger partial charge < -0.3 is 24.8 Å². The summed E-state index contributed by atoms with van der Waals surface area (Å²) in [6, 6.07) is 19.2. The number of rotatable bonds is 0. The predicted octanol–water partition coefficient (Wildman–Crippen LogP) is -1.11. The molecule has 0 radical (unpaired) electrons. The number of hydrogen-bond acceptors (Lipinski definition) is 0. The maximum atomic E-state index is 2.17. The van der Waals surface area contributed by atoms with Gasteiger partial charge in [0.25, 0.3) is 0 Å². The van der Waals surface area contributed by atoms with Crippen molar-refractivity contribution in [3.8, 4) is 0 Å². The van der Waals surface area contributed by atoms with Crippen molar-refractivity contribution < 1.29 is 51.0 Å². The van der Waals surface area contributed by atoms with E-state index in [0.29, 0.717) is 0 Å². The van der Waals surface area contributed by atoms with E-state index in [2.05, 4.69) is 75.4 Å². The van der Waals surface area contributed by atoms with E-state index in [1.165, 1.54) is 27.5 Å². The number of aryl methyl sites for hydroxylation is 3. The molecular formula is C17H18Cl2Zr. The molecule has 0 fully saturated rings. The van der Waals surface area contributed by atoms with E-state index in [-0.39, 0.29) is 51.0 Å². The minimum atomic E-state index is 0. The smallest absolute Gasteiger partial charge is 1.00 e. The van der Waals surface area contributed by atoms with Crippen molar-refractivity contribution >= 4 is 10.8 Å². The zero-order valence-electron chi connectivity index (χ0n) is 12.0. The van der Waals surface area contributed by atoms with Crippen molar-refractivity contribution in [1.29, 1.82) is 0 Å². The van der Waals surface area contributed by atoms with E-state index in [1.807, 2.05) is 0 Å². The van der Waals surface area contributed by atoms with Gasteiger partial charge in [-0.15, -0.1) is 29.0 Å². The summed E-state index contributed by atoms with van der Waals surface area (Å²) in [6.07, 6.45) is 0. The average molecular weight is 384 g/mol. The van der Waals surface area contributed by atoms with Gasteiger partial charge in [0.15, 0.2) is 0 Å². The van der Waals surface area contributed by atoms with Gasteiger partial charge in [0.05, 0.1) is 0 Å². The largest absolute Gasteiger partial charge is 4.00 e. The molecule has 0 saturated heterocycles. The maximum Gasteiger partial charge on any atom is 4.00 e. The van der Waals surface area contributed by atoms with Gasteiger partial charge in [0.2, 0.25) is 0 Å². The molecule has 0 N–H and O–H groups in total. The van der Waals surface area contributed by atoms with Crippen molar-refractivity contribution in [2.75, 3.05) is 0 Å². The Morgan fingerprint density at radius 2 is 1.60 bits per heavy atom. The molecule has 3 aromatic rings. The first-order chi connectivity index (χ1) is 8.16. The molecule has 104 valence electrons. The molecule has 0 unspecified atom stereocenters. The second-order valence-corrected chi connectivity index (χ2v) is 4.57. The Morgan fingerprint density at radius 3 is 2.05 bits per heavy atom. The van der Waals surface area contributed by atoms with E-state index in [9.17, 15) is 0 Å². The van der Waals surface area contributed by atoms with Gasteiger partial charge in [0, 0.05) is 0 Å². The van der Waals surface area contributed by atoms with Gasteiger partial charge in [-0.2, -0.15) is 29.8 Å². The second kappa shape index (κ2) is 10.4. The van der Waals surface area contributed by atoms with Crippen LogP contribution in [0.2, 0.25) is 0 Å². The Bertz CT molecular complexity index is 592. The Labute approximate surface area is 153 Å². The van der Waals surface area contributed by atoms with Gasteiger partial charge in [-0.05, 0) is 6.92 Å². The molecule has 0 nitrogen and oxygen atoms in total. The summed E-state index contributed by atoms with van der Waals surface area (Å²) < 4.78 is 0. The molecule has 0 saturated carbocycles. The summed E-state index contributed by atoms with van der Waals surface area (Å²) >= 11 is 0. The molecule has 3 rings (SSSR count). The first-order valence-electron chi connectivity index (χ1n) is 5.98. The van der Waals surface area contributed by atoms with Gasteiger partial charge >= 0.3 is 26.2 Å². The molecule has 0 heterocycles. The molecule has 3 heteroatoms. The summed E-state index contributed by atoms with van der Waals surface area (Å²) in [5.74, 6) is 0. The third-order valence-electron chi connectivity index (χ3n) is 2.96. The Balaban J connectivity index is 0. The average Bonchev–Trinajstić information content (AvgIpc) is 2.89. The molecule has 0 spiro atoms. The van der Waals surface area contributed by atoms with Crippen molar-refractivity contribution in [2.24, 2.45) is 0 Å². The number of halogens is 2. The monoisotopic (exact) mass is 382 g/mol. The minimum Gasteiger partial charge on any atom is -1.00 e. The van der Waals surface area contributed by atoms with Crippen molar-refractivity contribution in [3.63, 3.8) is 0 Å². The van der Waals surface area contributed by atoms with Crippen LogP contribution in [-0.4, -0.2) is 0 Å². The molecule has 0 aromatic heterocycles. The zero-order valence-corrected chi connectivity index (χ0v) is 15.9. The third kappa shape index (κ3) is 5.96. The van der Waals surface area contributed by atoms with E-state index < -0.39 is 0 Å². The van der Waals surface area contributed by atoms with E-state index in [1.54, 1.807) is 0 Å². The molecule has 3 aromatic carbocycles. The summed E-state index contributed by atoms with van der Waals surface area (Å²) in [5, 5.41) is 2.72. The Morgan fingerprint density at radius 1 is 0.900 bits per heavy atom. The third-order valence-corrected chi connectivity index (χ3v) is 2.96. The molecule has 0 aliphatic carbocycles. The van der Waals surface area contributed by atoms with Crippen LogP contribution in [0.15, 0.2) is 54.6 Å². The standard InChI is InChI=1S/C10H9.C7H9.2ClH.Zr/c1-8-4-2-5-9-6-3-7-10(8)9;1-6-3-4-7(2)5-6;;;/h2-7H,1H3;3-5H,1-2H3;2*1H;/q2*-1;;;+4/p-2. The molecule has 0 atom stereocenters. The number of fused-ring (bicyclic) bond motifs is 1. The first kappa shape index (κ1) is 21.9. The van der Waals surface area contributed by atoms with Gasteiger partial charge in [-0.25, -0.2) is 11.6 Å². The fraction of sp³-hybridized carbons (Fsp3) is 0.176. The fourth-order valence-corrected chi connectivity index (χ4v) is 2.04. The van der Waals surface area contributed by atoms with Crippen molar-refractivity contribution in [3.05, 3.63) is 71.3 Å². The van der Waals surface area contributed by atoms with Crippen LogP contribution in [-0.2, 0) is 26.2 Å². The van der Waals surface area contributed by atoms with E-state index in [4.69, 9.17) is 0 Å². The molecule has 0 bridgehead atoms. The van der Waals surface area contributed by atoms with E-state index in [0.717, 1.165) is 0 Å². The van der Waals surface area contributed by atoms with Crippen LogP contribution in [0, 0.1) is 20.8 Å². The van der Waals surface area contributed by atoms with Crippen molar-refractivity contribution in [1.82, 2.24) is 0 Å². The topological polar surface area (TPSA) is 0 Å². The molecule has 20 heavy (non-hydrogen) atoms. The summed E-state index contributed by atoms with van der Waals surface area (Å²) in [5.41, 5.74) is 4.08. The van der Waals surface area contributed by atoms with Gasteiger partial charge in [0.1, 0.15) is 0 Å². The molecule has 0 aliphatic rings. The van der Waals surface area contributed by atoms with Crippen LogP contribution >= 0.6 is 0 Å². The van der Waals surface area contributed by atoms with Crippen LogP contribution in [0.3, 0.4) is 0 Å². The second-order valence-electron chi connectivity index (χ2n) is 4.57. The Hall–Kier alpha value is -0.357. The summed E-state index contributed by atoms with van der Waals surface area (Å²) in [7, 11) is 0. The zero-order chi connectivity index (χ0) is 12.3. The first-order valence-corrected chi connectivity index (χ1v) is 5.98. The van der Waals surface area contributed by atoms with Crippen LogP contribution in [0.4, 0.5) is 0 Å². The SMILES string of the molecule is Cc1c[cH-]c(C)c1.Cc1cccc2[cH-]ccc12.[Cl-].[Cl-].[Zr+4]. The van der Waals surface area contributed by atoms with Gasteiger partial charge in [-0.3, -0.25) is 0 Å². The quantitative estimate of drug-likeness (QED) is 0.432. The summed E-state index contributed by atoms with van der Waals surface area (Å²) in [4.78, 5) is 0.